The summed E-state index contributed by atoms with van der Waals surface area (Å²) >= 11 is 0. The van der Waals surface area contributed by atoms with Gasteiger partial charge in [-0.1, -0.05) is 39.0 Å². The third-order valence-corrected chi connectivity index (χ3v) is 7.26. The first-order valence-corrected chi connectivity index (χ1v) is 10.2. The Morgan fingerprint density at radius 1 is 1.33 bits per heavy atom. The molecule has 1 aromatic carbocycles. The van der Waals surface area contributed by atoms with Crippen LogP contribution in [0.5, 0.6) is 5.75 Å². The Morgan fingerprint density at radius 2 is 2.11 bits per heavy atom. The van der Waals surface area contributed by atoms with Crippen molar-refractivity contribution in [3.05, 3.63) is 29.8 Å². The number of alkyl carbamates (subject to hydrolysis) is 1. The first-order valence-electron chi connectivity index (χ1n) is 10.2. The van der Waals surface area contributed by atoms with Gasteiger partial charge in [-0.3, -0.25) is 0 Å². The van der Waals surface area contributed by atoms with E-state index in [0.29, 0.717) is 31.6 Å². The Kier molecular flexibility index (Phi) is 4.61. The smallest absolute Gasteiger partial charge is 0.407 e. The quantitative estimate of drug-likeness (QED) is 0.854. The normalized spacial score (nSPS) is 39.1. The minimum absolute atomic E-state index is 0.0458. The average Bonchev–Trinajstić information content (AvgIpc) is 2.64. The number of carbonyl (C=O) groups excluding carboxylic acids is 1. The summed E-state index contributed by atoms with van der Waals surface area (Å²) in [6.45, 7) is 10.4. The number of rotatable bonds is 4. The van der Waals surface area contributed by atoms with E-state index >= 15 is 0 Å². The Morgan fingerprint density at radius 3 is 2.89 bits per heavy atom. The molecule has 4 rings (SSSR count). The van der Waals surface area contributed by atoms with Gasteiger partial charge >= 0.3 is 6.09 Å². The molecule has 0 radical (unpaired) electrons. The zero-order valence-corrected chi connectivity index (χ0v) is 16.8. The van der Waals surface area contributed by atoms with Gasteiger partial charge in [-0.2, -0.15) is 0 Å². The lowest BCUT2D eigenvalue weighted by Gasteiger charge is -2.63. The number of benzene rings is 1. The van der Waals surface area contributed by atoms with Crippen molar-refractivity contribution in [1.82, 2.24) is 5.32 Å². The SMILES string of the molecule is CCCNC(=O)OC[C@]12CO[C@H]3c4ccccc4O[C@@](C)(C[C@@H]1C)[C@@H]3[C@@H]2C. The van der Waals surface area contributed by atoms with Crippen LogP contribution in [0.4, 0.5) is 4.79 Å². The molecule has 1 aromatic rings. The highest BCUT2D eigenvalue weighted by Crippen LogP contribution is 2.63. The van der Waals surface area contributed by atoms with Gasteiger partial charge < -0.3 is 19.5 Å². The predicted octanol–water partition coefficient (Wildman–Crippen LogP) is 4.32. The summed E-state index contributed by atoms with van der Waals surface area (Å²) in [5.74, 6) is 1.86. The first-order chi connectivity index (χ1) is 12.9. The molecule has 2 bridgehead atoms. The minimum Gasteiger partial charge on any atom is -0.487 e. The number of para-hydroxylation sites is 1. The standard InChI is InChI=1S/C22H31NO4/c1-5-10-23-20(24)26-13-22-12-25-19-16-8-6-7-9-17(16)27-21(4,11-14(22)2)18(19)15(22)3/h6-9,14-15,18-19H,5,10-13H2,1-4H3,(H,23,24)/t14-,15-,18+,19-,21-,22+/m0/s1. The monoisotopic (exact) mass is 373 g/mol. The predicted molar refractivity (Wildman–Crippen MR) is 103 cm³/mol. The van der Waals surface area contributed by atoms with E-state index in [1.54, 1.807) is 0 Å². The van der Waals surface area contributed by atoms with Gasteiger partial charge in [0.15, 0.2) is 0 Å². The Bertz CT molecular complexity index is 722. The lowest BCUT2D eigenvalue weighted by Crippen LogP contribution is -2.66. The van der Waals surface area contributed by atoms with Gasteiger partial charge in [-0.15, -0.1) is 0 Å². The van der Waals surface area contributed by atoms with Crippen molar-refractivity contribution in [3.8, 4) is 5.75 Å². The van der Waals surface area contributed by atoms with Crippen LogP contribution in [0, 0.1) is 23.2 Å². The molecule has 1 saturated carbocycles. The van der Waals surface area contributed by atoms with Crippen molar-refractivity contribution >= 4 is 6.09 Å². The molecule has 2 fully saturated rings. The molecule has 148 valence electrons. The van der Waals surface area contributed by atoms with Gasteiger partial charge in [0, 0.05) is 23.4 Å². The molecule has 5 heteroatoms. The first kappa shape index (κ1) is 18.6. The van der Waals surface area contributed by atoms with Gasteiger partial charge in [-0.05, 0) is 37.7 Å². The zero-order valence-electron chi connectivity index (χ0n) is 16.8. The van der Waals surface area contributed by atoms with Crippen molar-refractivity contribution in [3.63, 3.8) is 0 Å². The second kappa shape index (κ2) is 6.69. The summed E-state index contributed by atoms with van der Waals surface area (Å²) in [5.41, 5.74) is 0.725. The number of amides is 1. The zero-order chi connectivity index (χ0) is 19.2. The summed E-state index contributed by atoms with van der Waals surface area (Å²) in [7, 11) is 0. The maximum atomic E-state index is 12.0. The lowest BCUT2D eigenvalue weighted by molar-refractivity contribution is -0.259. The molecule has 1 aliphatic carbocycles. The fourth-order valence-corrected chi connectivity index (χ4v) is 5.73. The molecule has 2 aliphatic heterocycles. The van der Waals surface area contributed by atoms with Gasteiger partial charge in [0.25, 0.3) is 0 Å². The van der Waals surface area contributed by atoms with Crippen LogP contribution in [0.3, 0.4) is 0 Å². The minimum atomic E-state index is -0.327. The van der Waals surface area contributed by atoms with Crippen molar-refractivity contribution in [2.24, 2.45) is 23.2 Å². The van der Waals surface area contributed by atoms with Crippen LogP contribution in [0.15, 0.2) is 24.3 Å². The third kappa shape index (κ3) is 2.82. The molecular weight excluding hydrogens is 342 g/mol. The maximum absolute atomic E-state index is 12.0. The van der Waals surface area contributed by atoms with E-state index in [9.17, 15) is 4.79 Å². The van der Waals surface area contributed by atoms with Crippen molar-refractivity contribution in [2.45, 2.75) is 52.2 Å². The molecule has 3 aliphatic rings. The number of hydrogen-bond acceptors (Lipinski definition) is 4. The average molecular weight is 373 g/mol. The second-order valence-electron chi connectivity index (χ2n) is 8.84. The lowest BCUT2D eigenvalue weighted by atomic mass is 9.50. The number of fused-ring (bicyclic) bond motifs is 3. The van der Waals surface area contributed by atoms with Gasteiger partial charge in [0.1, 0.15) is 18.0 Å². The van der Waals surface area contributed by atoms with Crippen LogP contribution in [0.1, 0.15) is 52.2 Å². The summed E-state index contributed by atoms with van der Waals surface area (Å²) in [6.07, 6.45) is 1.56. The fraction of sp³-hybridized carbons (Fsp3) is 0.682. The third-order valence-electron chi connectivity index (χ3n) is 7.26. The molecular formula is C22H31NO4. The van der Waals surface area contributed by atoms with E-state index in [-0.39, 0.29) is 29.1 Å². The van der Waals surface area contributed by atoms with E-state index in [0.717, 1.165) is 24.2 Å². The number of hydrogen-bond donors (Lipinski definition) is 1. The van der Waals surface area contributed by atoms with Crippen molar-refractivity contribution in [1.29, 1.82) is 0 Å². The van der Waals surface area contributed by atoms with Gasteiger partial charge in [-0.25, -0.2) is 4.79 Å². The van der Waals surface area contributed by atoms with Crippen LogP contribution in [-0.4, -0.2) is 31.5 Å². The number of nitrogens with one attached hydrogen (secondary N) is 1. The number of carbonyl (C=O) groups is 1. The highest BCUT2D eigenvalue weighted by molar-refractivity contribution is 5.67. The van der Waals surface area contributed by atoms with E-state index < -0.39 is 0 Å². The molecule has 6 atom stereocenters. The molecule has 0 unspecified atom stereocenters. The summed E-state index contributed by atoms with van der Waals surface area (Å²) in [6, 6.07) is 8.24. The molecule has 1 N–H and O–H groups in total. The second-order valence-corrected chi connectivity index (χ2v) is 8.84. The van der Waals surface area contributed by atoms with E-state index in [1.165, 1.54) is 0 Å². The summed E-state index contributed by atoms with van der Waals surface area (Å²) in [4.78, 5) is 12.0. The highest BCUT2D eigenvalue weighted by Gasteiger charge is 2.64. The van der Waals surface area contributed by atoms with Crippen LogP contribution >= 0.6 is 0 Å². The molecule has 27 heavy (non-hydrogen) atoms. The topological polar surface area (TPSA) is 56.8 Å². The molecule has 5 nitrogen and oxygen atoms in total. The van der Waals surface area contributed by atoms with E-state index in [4.69, 9.17) is 14.2 Å². The molecule has 2 heterocycles. The summed E-state index contributed by atoms with van der Waals surface area (Å²) in [5, 5.41) is 2.81. The van der Waals surface area contributed by atoms with E-state index in [2.05, 4.69) is 32.2 Å². The molecule has 0 aromatic heterocycles. The van der Waals surface area contributed by atoms with Crippen LogP contribution in [-0.2, 0) is 9.47 Å². The van der Waals surface area contributed by atoms with Gasteiger partial charge in [0.2, 0.25) is 0 Å². The largest absolute Gasteiger partial charge is 0.487 e. The number of ether oxygens (including phenoxy) is 3. The van der Waals surface area contributed by atoms with Gasteiger partial charge in [0.05, 0.1) is 12.7 Å². The molecule has 0 spiro atoms. The van der Waals surface area contributed by atoms with E-state index in [1.807, 2.05) is 25.1 Å². The maximum Gasteiger partial charge on any atom is 0.407 e. The van der Waals surface area contributed by atoms with Crippen LogP contribution in [0.25, 0.3) is 0 Å². The Hall–Kier alpha value is -1.75. The van der Waals surface area contributed by atoms with Crippen molar-refractivity contribution in [2.75, 3.05) is 19.8 Å². The van der Waals surface area contributed by atoms with Crippen molar-refractivity contribution < 1.29 is 19.0 Å². The highest BCUT2D eigenvalue weighted by atomic mass is 16.6. The fourth-order valence-electron chi connectivity index (χ4n) is 5.73. The Labute approximate surface area is 161 Å². The Balaban J connectivity index is 1.61. The molecule has 1 amide bonds. The van der Waals surface area contributed by atoms with Crippen LogP contribution in [0.2, 0.25) is 0 Å². The summed E-state index contributed by atoms with van der Waals surface area (Å²) < 4.78 is 18.7. The molecule has 1 saturated heterocycles. The van der Waals surface area contributed by atoms with Crippen LogP contribution < -0.4 is 10.1 Å².